The van der Waals surface area contributed by atoms with Crippen LogP contribution in [0.4, 0.5) is 13.2 Å². The number of ketones is 1. The average molecular weight is 289 g/mol. The molecule has 0 spiro atoms. The van der Waals surface area contributed by atoms with E-state index in [-0.39, 0.29) is 16.2 Å². The van der Waals surface area contributed by atoms with Gasteiger partial charge in [0, 0.05) is 6.20 Å². The third-order valence-electron chi connectivity index (χ3n) is 2.55. The van der Waals surface area contributed by atoms with Gasteiger partial charge in [0.2, 0.25) is 0 Å². The molecule has 2 aromatic rings. The first kappa shape index (κ1) is 13.9. The summed E-state index contributed by atoms with van der Waals surface area (Å²) >= 11 is 1.08. The normalized spacial score (nSPS) is 13.7. The number of hydrogen-bond acceptors (Lipinski definition) is 4. The minimum atomic E-state index is -4.42. The molecule has 0 saturated heterocycles. The van der Waals surface area contributed by atoms with E-state index in [2.05, 4.69) is 10.2 Å². The topological polar surface area (TPSA) is 47.3 Å². The lowest BCUT2D eigenvalue weighted by Crippen LogP contribution is -2.10. The van der Waals surface area contributed by atoms with Crippen LogP contribution in [0.5, 0.6) is 0 Å². The van der Waals surface area contributed by atoms with Gasteiger partial charge in [-0.1, -0.05) is 11.8 Å². The number of pyridine rings is 1. The molecule has 19 heavy (non-hydrogen) atoms. The fraction of sp³-hybridized carbons (Fsp3) is 0.364. The van der Waals surface area contributed by atoms with E-state index in [0.29, 0.717) is 5.65 Å². The molecule has 8 heteroatoms. The maximum Gasteiger partial charge on any atom is 0.417 e. The Morgan fingerprint density at radius 1 is 1.37 bits per heavy atom. The number of carbonyl (C=O) groups is 1. The zero-order chi connectivity index (χ0) is 14.2. The number of fused-ring (bicyclic) bond motifs is 1. The van der Waals surface area contributed by atoms with Crippen molar-refractivity contribution in [3.05, 3.63) is 23.9 Å². The summed E-state index contributed by atoms with van der Waals surface area (Å²) in [5.74, 6) is -0.0753. The summed E-state index contributed by atoms with van der Waals surface area (Å²) < 4.78 is 39.1. The van der Waals surface area contributed by atoms with E-state index in [1.165, 1.54) is 17.4 Å². The van der Waals surface area contributed by atoms with E-state index in [4.69, 9.17) is 0 Å². The molecule has 0 radical (unpaired) electrons. The zero-order valence-corrected chi connectivity index (χ0v) is 10.9. The molecule has 2 rings (SSSR count). The van der Waals surface area contributed by atoms with E-state index in [0.717, 1.165) is 24.0 Å². The van der Waals surface area contributed by atoms with Crippen LogP contribution in [0, 0.1) is 0 Å². The van der Waals surface area contributed by atoms with Crippen molar-refractivity contribution in [2.45, 2.75) is 30.4 Å². The molecule has 102 valence electrons. The number of Topliss-reactive ketones (excluding diaryl/α,β-unsaturated/α-hetero) is 1. The Kier molecular flexibility index (Phi) is 3.53. The van der Waals surface area contributed by atoms with Crippen molar-refractivity contribution in [3.8, 4) is 0 Å². The number of aromatic nitrogens is 3. The first-order valence-corrected chi connectivity index (χ1v) is 6.26. The minimum absolute atomic E-state index is 0.0753. The first-order chi connectivity index (χ1) is 8.79. The van der Waals surface area contributed by atoms with Gasteiger partial charge in [0.25, 0.3) is 0 Å². The second-order valence-corrected chi connectivity index (χ2v) is 5.30. The van der Waals surface area contributed by atoms with Crippen LogP contribution >= 0.6 is 11.8 Å². The largest absolute Gasteiger partial charge is 0.417 e. The molecule has 2 heterocycles. The van der Waals surface area contributed by atoms with Crippen molar-refractivity contribution in [1.82, 2.24) is 14.6 Å². The van der Waals surface area contributed by atoms with E-state index in [9.17, 15) is 18.0 Å². The molecule has 0 saturated carbocycles. The number of carbonyl (C=O) groups excluding carboxylic acids is 1. The highest BCUT2D eigenvalue weighted by Gasteiger charge is 2.31. The molecule has 0 fully saturated rings. The van der Waals surface area contributed by atoms with Crippen LogP contribution in [0.3, 0.4) is 0 Å². The molecule has 0 amide bonds. The Labute approximate surface area is 111 Å². The fourth-order valence-electron chi connectivity index (χ4n) is 1.36. The molecule has 0 aromatic carbocycles. The predicted octanol–water partition coefficient (Wildman–Crippen LogP) is 2.82. The molecule has 0 aliphatic heterocycles. The number of nitrogens with zero attached hydrogens (tertiary/aromatic N) is 3. The van der Waals surface area contributed by atoms with Gasteiger partial charge in [-0.05, 0) is 26.0 Å². The third-order valence-corrected chi connectivity index (χ3v) is 3.73. The molecule has 0 unspecified atom stereocenters. The van der Waals surface area contributed by atoms with Gasteiger partial charge in [-0.25, -0.2) is 0 Å². The fourth-order valence-corrected chi connectivity index (χ4v) is 2.19. The molecule has 0 aliphatic rings. The lowest BCUT2D eigenvalue weighted by Gasteiger charge is -2.08. The maximum atomic E-state index is 12.6. The lowest BCUT2D eigenvalue weighted by molar-refractivity contribution is -0.137. The summed E-state index contributed by atoms with van der Waals surface area (Å²) in [7, 11) is 0. The zero-order valence-electron chi connectivity index (χ0n) is 10.1. The first-order valence-electron chi connectivity index (χ1n) is 5.38. The Morgan fingerprint density at radius 3 is 2.63 bits per heavy atom. The van der Waals surface area contributed by atoms with Gasteiger partial charge in [-0.2, -0.15) is 13.2 Å². The van der Waals surface area contributed by atoms with Gasteiger partial charge in [-0.15, -0.1) is 10.2 Å². The summed E-state index contributed by atoms with van der Waals surface area (Å²) in [4.78, 5) is 11.2. The Bertz CT molecular complexity index is 623. The van der Waals surface area contributed by atoms with E-state index >= 15 is 0 Å². The number of thioether (sulfide) groups is 1. The monoisotopic (exact) mass is 289 g/mol. The molecule has 1 atom stereocenters. The van der Waals surface area contributed by atoms with Crippen LogP contribution in [-0.2, 0) is 11.0 Å². The summed E-state index contributed by atoms with van der Waals surface area (Å²) in [6, 6.07) is 2.20. The second-order valence-electron chi connectivity index (χ2n) is 4.00. The van der Waals surface area contributed by atoms with Gasteiger partial charge in [0.1, 0.15) is 5.78 Å². The highest BCUT2D eigenvalue weighted by atomic mass is 32.2. The van der Waals surface area contributed by atoms with Crippen LogP contribution in [-0.4, -0.2) is 25.6 Å². The van der Waals surface area contributed by atoms with Crippen molar-refractivity contribution in [2.75, 3.05) is 0 Å². The third kappa shape index (κ3) is 2.89. The number of rotatable bonds is 3. The van der Waals surface area contributed by atoms with Crippen molar-refractivity contribution in [2.24, 2.45) is 0 Å². The standard InChI is InChI=1S/C11H10F3N3OS/c1-6(18)7(2)19-10-16-15-9-4-3-8(5-17(9)10)11(12,13)14/h3-5,7H,1-2H3/t7-/m0/s1. The molecule has 2 aromatic heterocycles. The van der Waals surface area contributed by atoms with Crippen molar-refractivity contribution in [3.63, 3.8) is 0 Å². The summed E-state index contributed by atoms with van der Waals surface area (Å²) in [6.07, 6.45) is -3.49. The van der Waals surface area contributed by atoms with Crippen LogP contribution < -0.4 is 0 Å². The van der Waals surface area contributed by atoms with Crippen molar-refractivity contribution < 1.29 is 18.0 Å². The highest BCUT2D eigenvalue weighted by molar-refractivity contribution is 8.00. The molecule has 0 N–H and O–H groups in total. The molecular formula is C11H10F3N3OS. The quantitative estimate of drug-likeness (QED) is 0.815. The Morgan fingerprint density at radius 2 is 2.05 bits per heavy atom. The van der Waals surface area contributed by atoms with Crippen LogP contribution in [0.2, 0.25) is 0 Å². The number of hydrogen-bond donors (Lipinski definition) is 0. The number of halogens is 3. The minimum Gasteiger partial charge on any atom is -0.299 e. The lowest BCUT2D eigenvalue weighted by atomic mass is 10.3. The van der Waals surface area contributed by atoms with Gasteiger partial charge in [0.15, 0.2) is 10.8 Å². The van der Waals surface area contributed by atoms with Gasteiger partial charge < -0.3 is 0 Å². The smallest absolute Gasteiger partial charge is 0.299 e. The molecule has 4 nitrogen and oxygen atoms in total. The van der Waals surface area contributed by atoms with Crippen LogP contribution in [0.25, 0.3) is 5.65 Å². The van der Waals surface area contributed by atoms with E-state index in [1.54, 1.807) is 6.92 Å². The van der Waals surface area contributed by atoms with Gasteiger partial charge in [-0.3, -0.25) is 9.20 Å². The summed E-state index contributed by atoms with van der Waals surface area (Å²) in [5, 5.41) is 7.45. The van der Waals surface area contributed by atoms with Crippen molar-refractivity contribution in [1.29, 1.82) is 0 Å². The Balaban J connectivity index is 2.43. The summed E-state index contributed by atoms with van der Waals surface area (Å²) in [5.41, 5.74) is -0.469. The second kappa shape index (κ2) is 4.84. The van der Waals surface area contributed by atoms with E-state index < -0.39 is 11.7 Å². The molecule has 0 bridgehead atoms. The van der Waals surface area contributed by atoms with Crippen molar-refractivity contribution >= 4 is 23.2 Å². The molecular weight excluding hydrogens is 279 g/mol. The SMILES string of the molecule is CC(=O)[C@H](C)Sc1nnc2ccc(C(F)(F)F)cn12. The number of alkyl halides is 3. The highest BCUT2D eigenvalue weighted by Crippen LogP contribution is 2.30. The van der Waals surface area contributed by atoms with Gasteiger partial charge >= 0.3 is 6.18 Å². The van der Waals surface area contributed by atoms with Crippen LogP contribution in [0.15, 0.2) is 23.5 Å². The maximum absolute atomic E-state index is 12.6. The van der Waals surface area contributed by atoms with E-state index in [1.807, 2.05) is 0 Å². The van der Waals surface area contributed by atoms with Crippen LogP contribution in [0.1, 0.15) is 19.4 Å². The Hall–Kier alpha value is -1.57. The summed E-state index contributed by atoms with van der Waals surface area (Å²) in [6.45, 7) is 3.09. The van der Waals surface area contributed by atoms with Gasteiger partial charge in [0.05, 0.1) is 10.8 Å². The average Bonchev–Trinajstić information content (AvgIpc) is 2.70. The molecule has 0 aliphatic carbocycles. The predicted molar refractivity (Wildman–Crippen MR) is 64.0 cm³/mol.